The largest absolute Gasteiger partial charge is 0.497 e. The lowest BCUT2D eigenvalue weighted by atomic mass is 10.2. The fourth-order valence-electron chi connectivity index (χ4n) is 3.95. The van der Waals surface area contributed by atoms with Gasteiger partial charge in [0, 0.05) is 13.2 Å². The number of benzene rings is 1. The van der Waals surface area contributed by atoms with Gasteiger partial charge in [0.1, 0.15) is 11.8 Å². The number of carbonyl (C=O) groups excluding carboxylic acids is 1. The van der Waals surface area contributed by atoms with E-state index in [1.807, 2.05) is 18.2 Å². The third kappa shape index (κ3) is 4.25. The molecule has 1 aromatic carbocycles. The third-order valence-corrected chi connectivity index (χ3v) is 7.74. The van der Waals surface area contributed by atoms with Crippen LogP contribution in [0.3, 0.4) is 0 Å². The summed E-state index contributed by atoms with van der Waals surface area (Å²) in [5.41, 5.74) is 0.780. The SMILES string of the molecule is COc1ccc2nc(N(C[C@@H]3CCCO3)C(=O)[C@@H]3CCCN3S(C)(=O)=O)sc2c1. The highest BCUT2D eigenvalue weighted by Gasteiger charge is 2.40. The molecule has 4 rings (SSSR count). The van der Waals surface area contributed by atoms with E-state index >= 15 is 0 Å². The Balaban J connectivity index is 1.68. The third-order valence-electron chi connectivity index (χ3n) is 5.41. The van der Waals surface area contributed by atoms with Gasteiger partial charge in [-0.2, -0.15) is 4.31 Å². The number of nitrogens with zero attached hydrogens (tertiary/aromatic N) is 3. The van der Waals surface area contributed by atoms with Gasteiger partial charge in [0.25, 0.3) is 0 Å². The minimum absolute atomic E-state index is 0.0615. The first-order valence-electron chi connectivity index (χ1n) is 9.71. The van der Waals surface area contributed by atoms with Gasteiger partial charge >= 0.3 is 0 Å². The molecule has 0 N–H and O–H groups in total. The van der Waals surface area contributed by atoms with Gasteiger partial charge < -0.3 is 9.47 Å². The van der Waals surface area contributed by atoms with Gasteiger partial charge in [-0.3, -0.25) is 9.69 Å². The molecule has 2 fully saturated rings. The zero-order valence-electron chi connectivity index (χ0n) is 16.5. The molecule has 0 unspecified atom stereocenters. The Hall–Kier alpha value is -1.75. The molecule has 2 atom stereocenters. The summed E-state index contributed by atoms with van der Waals surface area (Å²) in [5, 5.41) is 0.564. The van der Waals surface area contributed by atoms with E-state index in [0.29, 0.717) is 37.7 Å². The average molecular weight is 440 g/mol. The van der Waals surface area contributed by atoms with Crippen molar-refractivity contribution >= 4 is 42.6 Å². The van der Waals surface area contributed by atoms with Gasteiger partial charge in [-0.1, -0.05) is 11.3 Å². The van der Waals surface area contributed by atoms with Gasteiger partial charge in [0.15, 0.2) is 5.13 Å². The number of amides is 1. The average Bonchev–Trinajstić information content (AvgIpc) is 3.44. The quantitative estimate of drug-likeness (QED) is 0.686. The smallest absolute Gasteiger partial charge is 0.247 e. The van der Waals surface area contributed by atoms with Crippen LogP contribution in [-0.4, -0.2) is 68.8 Å². The molecule has 0 spiro atoms. The number of ether oxygens (including phenoxy) is 2. The summed E-state index contributed by atoms with van der Waals surface area (Å²) in [6.07, 6.45) is 4.13. The molecule has 10 heteroatoms. The van der Waals surface area contributed by atoms with Gasteiger partial charge in [-0.05, 0) is 43.9 Å². The summed E-state index contributed by atoms with van der Waals surface area (Å²) >= 11 is 1.40. The first-order chi connectivity index (χ1) is 13.9. The number of hydrogen-bond acceptors (Lipinski definition) is 7. The number of aromatic nitrogens is 1. The van der Waals surface area contributed by atoms with E-state index in [-0.39, 0.29) is 12.0 Å². The lowest BCUT2D eigenvalue weighted by Crippen LogP contribution is -2.49. The number of methoxy groups -OCH3 is 1. The second kappa shape index (κ2) is 8.17. The lowest BCUT2D eigenvalue weighted by Gasteiger charge is -2.29. The number of thiazole rings is 1. The highest BCUT2D eigenvalue weighted by molar-refractivity contribution is 7.88. The van der Waals surface area contributed by atoms with Crippen molar-refractivity contribution in [2.24, 2.45) is 0 Å². The van der Waals surface area contributed by atoms with Gasteiger partial charge in [0.2, 0.25) is 15.9 Å². The molecule has 2 aliphatic rings. The van der Waals surface area contributed by atoms with Crippen LogP contribution in [0.5, 0.6) is 5.75 Å². The highest BCUT2D eigenvalue weighted by Crippen LogP contribution is 2.34. The highest BCUT2D eigenvalue weighted by atomic mass is 32.2. The van der Waals surface area contributed by atoms with Crippen LogP contribution < -0.4 is 9.64 Å². The molecule has 8 nitrogen and oxygen atoms in total. The number of sulfonamides is 1. The van der Waals surface area contributed by atoms with Crippen LogP contribution in [-0.2, 0) is 19.6 Å². The molecular weight excluding hydrogens is 414 g/mol. The topological polar surface area (TPSA) is 89.0 Å². The van der Waals surface area contributed by atoms with Crippen molar-refractivity contribution in [3.8, 4) is 5.75 Å². The van der Waals surface area contributed by atoms with E-state index in [2.05, 4.69) is 4.98 Å². The monoisotopic (exact) mass is 439 g/mol. The van der Waals surface area contributed by atoms with Crippen LogP contribution in [0.15, 0.2) is 18.2 Å². The van der Waals surface area contributed by atoms with Gasteiger partial charge in [-0.15, -0.1) is 0 Å². The predicted molar refractivity (Wildman–Crippen MR) is 112 cm³/mol. The molecule has 0 radical (unpaired) electrons. The van der Waals surface area contributed by atoms with E-state index in [1.54, 1.807) is 12.0 Å². The lowest BCUT2D eigenvalue weighted by molar-refractivity contribution is -0.122. The summed E-state index contributed by atoms with van der Waals surface area (Å²) in [6, 6.07) is 4.90. The summed E-state index contributed by atoms with van der Waals surface area (Å²) in [7, 11) is -1.84. The number of carbonyl (C=O) groups is 1. The normalized spacial score (nSPS) is 23.0. The summed E-state index contributed by atoms with van der Waals surface area (Å²) in [5.74, 6) is 0.498. The first kappa shape index (κ1) is 20.5. The zero-order chi connectivity index (χ0) is 20.6. The molecular formula is C19H25N3O5S2. The Morgan fingerprint density at radius 3 is 2.90 bits per heavy atom. The van der Waals surface area contributed by atoms with Crippen molar-refractivity contribution in [2.45, 2.75) is 37.8 Å². The fraction of sp³-hybridized carbons (Fsp3) is 0.579. The molecule has 2 saturated heterocycles. The van der Waals surface area contributed by atoms with E-state index in [4.69, 9.17) is 9.47 Å². The Morgan fingerprint density at radius 2 is 2.21 bits per heavy atom. The van der Waals surface area contributed by atoms with Crippen molar-refractivity contribution in [2.75, 3.05) is 38.0 Å². The van der Waals surface area contributed by atoms with Crippen molar-refractivity contribution in [1.82, 2.24) is 9.29 Å². The predicted octanol–water partition coefficient (Wildman–Crippen LogP) is 2.24. The van der Waals surface area contributed by atoms with E-state index in [0.717, 1.165) is 35.1 Å². The second-order valence-corrected chi connectivity index (χ2v) is 10.4. The molecule has 1 amide bonds. The molecule has 3 heterocycles. The Labute approximate surface area is 174 Å². The first-order valence-corrected chi connectivity index (χ1v) is 12.4. The molecule has 2 aliphatic heterocycles. The summed E-state index contributed by atoms with van der Waals surface area (Å²) < 4.78 is 37.6. The number of hydrogen-bond donors (Lipinski definition) is 0. The van der Waals surface area contributed by atoms with Crippen molar-refractivity contribution in [3.05, 3.63) is 18.2 Å². The molecule has 0 saturated carbocycles. The summed E-state index contributed by atoms with van der Waals surface area (Å²) in [4.78, 5) is 19.8. The van der Waals surface area contributed by atoms with E-state index in [1.165, 1.54) is 15.6 Å². The molecule has 2 aromatic rings. The Bertz CT molecular complexity index is 1000. The van der Waals surface area contributed by atoms with Crippen LogP contribution in [0, 0.1) is 0 Å². The van der Waals surface area contributed by atoms with E-state index in [9.17, 15) is 13.2 Å². The maximum atomic E-state index is 13.5. The second-order valence-electron chi connectivity index (χ2n) is 7.45. The molecule has 29 heavy (non-hydrogen) atoms. The Morgan fingerprint density at radius 1 is 1.38 bits per heavy atom. The van der Waals surface area contributed by atoms with Crippen LogP contribution >= 0.6 is 11.3 Å². The maximum Gasteiger partial charge on any atom is 0.247 e. The van der Waals surface area contributed by atoms with Crippen LogP contribution in [0.4, 0.5) is 5.13 Å². The molecule has 0 bridgehead atoms. The van der Waals surface area contributed by atoms with Crippen LogP contribution in [0.1, 0.15) is 25.7 Å². The van der Waals surface area contributed by atoms with Crippen LogP contribution in [0.2, 0.25) is 0 Å². The molecule has 1 aromatic heterocycles. The minimum atomic E-state index is -3.45. The maximum absolute atomic E-state index is 13.5. The fourth-order valence-corrected chi connectivity index (χ4v) is 6.08. The van der Waals surface area contributed by atoms with E-state index < -0.39 is 16.1 Å². The number of fused-ring (bicyclic) bond motifs is 1. The summed E-state index contributed by atoms with van der Waals surface area (Å²) in [6.45, 7) is 1.44. The molecule has 0 aliphatic carbocycles. The van der Waals surface area contributed by atoms with Crippen molar-refractivity contribution in [3.63, 3.8) is 0 Å². The zero-order valence-corrected chi connectivity index (χ0v) is 18.2. The number of rotatable bonds is 6. The Kier molecular flexibility index (Phi) is 5.78. The standard InChI is InChI=1S/C19H25N3O5S2/c1-26-13-7-8-15-17(11-13)28-19(20-15)21(12-14-5-4-10-27-14)18(23)16-6-3-9-22(16)29(2,24)25/h7-8,11,14,16H,3-6,9-10,12H2,1-2H3/t14-,16-/m0/s1. The van der Waals surface area contributed by atoms with Gasteiger partial charge in [-0.25, -0.2) is 13.4 Å². The van der Waals surface area contributed by atoms with Gasteiger partial charge in [0.05, 0.1) is 36.2 Å². The minimum Gasteiger partial charge on any atom is -0.497 e. The van der Waals surface area contributed by atoms with Crippen LogP contribution in [0.25, 0.3) is 10.2 Å². The van der Waals surface area contributed by atoms with Crippen molar-refractivity contribution in [1.29, 1.82) is 0 Å². The molecule has 158 valence electrons. The van der Waals surface area contributed by atoms with Crippen molar-refractivity contribution < 1.29 is 22.7 Å². The number of anilines is 1.